The number of aromatic nitrogens is 3. The van der Waals surface area contributed by atoms with E-state index in [4.69, 9.17) is 0 Å². The highest BCUT2D eigenvalue weighted by atomic mass is 32.2. The Bertz CT molecular complexity index is 421. The van der Waals surface area contributed by atoms with Gasteiger partial charge in [0, 0.05) is 19.0 Å². The van der Waals surface area contributed by atoms with Gasteiger partial charge in [-0.1, -0.05) is 18.7 Å². The standard InChI is InChI=1S/C13H22N4OS/c1-3-6-11-14-13(16-15-11)19-9-12(18)17-8-5-4-7-10(17)2/h10H,3-9H2,1-2H3,(H,14,15,16). The summed E-state index contributed by atoms with van der Waals surface area (Å²) in [5.74, 6) is 1.55. The van der Waals surface area contributed by atoms with Gasteiger partial charge in [-0.3, -0.25) is 9.89 Å². The maximum atomic E-state index is 12.2. The van der Waals surface area contributed by atoms with E-state index < -0.39 is 0 Å². The molecule has 1 aliphatic heterocycles. The Kier molecular flexibility index (Phi) is 5.24. The number of hydrogen-bond acceptors (Lipinski definition) is 4. The first-order valence-electron chi connectivity index (χ1n) is 7.04. The third-order valence-corrected chi connectivity index (χ3v) is 4.28. The maximum Gasteiger partial charge on any atom is 0.233 e. The zero-order chi connectivity index (χ0) is 13.7. The number of rotatable bonds is 5. The maximum absolute atomic E-state index is 12.2. The fraction of sp³-hybridized carbons (Fsp3) is 0.769. The molecule has 0 spiro atoms. The van der Waals surface area contributed by atoms with Crippen LogP contribution in [0.4, 0.5) is 0 Å². The van der Waals surface area contributed by atoms with Gasteiger partial charge in [0.05, 0.1) is 5.75 Å². The number of thioether (sulfide) groups is 1. The van der Waals surface area contributed by atoms with Crippen molar-refractivity contribution in [2.75, 3.05) is 12.3 Å². The molecule has 0 aliphatic carbocycles. The second-order valence-corrected chi connectivity index (χ2v) is 5.98. The van der Waals surface area contributed by atoms with Gasteiger partial charge in [-0.25, -0.2) is 4.98 Å². The summed E-state index contributed by atoms with van der Waals surface area (Å²) in [6.45, 7) is 5.14. The van der Waals surface area contributed by atoms with Gasteiger partial charge < -0.3 is 4.90 Å². The zero-order valence-corrected chi connectivity index (χ0v) is 12.5. The number of hydrogen-bond donors (Lipinski definition) is 1. The Morgan fingerprint density at radius 2 is 2.37 bits per heavy atom. The lowest BCUT2D eigenvalue weighted by atomic mass is 10.0. The van der Waals surface area contributed by atoms with Crippen molar-refractivity contribution in [1.29, 1.82) is 0 Å². The first-order chi connectivity index (χ1) is 9.20. The van der Waals surface area contributed by atoms with Crippen LogP contribution in [0.15, 0.2) is 5.16 Å². The summed E-state index contributed by atoms with van der Waals surface area (Å²) in [5.41, 5.74) is 0. The molecule has 1 aliphatic rings. The molecule has 1 amide bonds. The van der Waals surface area contributed by atoms with Crippen LogP contribution in [0.5, 0.6) is 0 Å². The van der Waals surface area contributed by atoms with E-state index >= 15 is 0 Å². The van der Waals surface area contributed by atoms with Crippen LogP contribution in [0.2, 0.25) is 0 Å². The number of nitrogens with zero attached hydrogens (tertiary/aromatic N) is 3. The Morgan fingerprint density at radius 1 is 1.53 bits per heavy atom. The smallest absolute Gasteiger partial charge is 0.233 e. The van der Waals surface area contributed by atoms with E-state index in [0.29, 0.717) is 17.0 Å². The van der Waals surface area contributed by atoms with Crippen molar-refractivity contribution in [1.82, 2.24) is 20.1 Å². The van der Waals surface area contributed by atoms with Gasteiger partial charge in [0.25, 0.3) is 0 Å². The molecule has 1 unspecified atom stereocenters. The Morgan fingerprint density at radius 3 is 3.11 bits per heavy atom. The van der Waals surface area contributed by atoms with Gasteiger partial charge in [-0.2, -0.15) is 0 Å². The van der Waals surface area contributed by atoms with Crippen molar-refractivity contribution in [2.24, 2.45) is 0 Å². The van der Waals surface area contributed by atoms with Crippen molar-refractivity contribution in [2.45, 2.75) is 57.1 Å². The van der Waals surface area contributed by atoms with Crippen molar-refractivity contribution < 1.29 is 4.79 Å². The molecule has 0 bridgehead atoms. The van der Waals surface area contributed by atoms with Crippen LogP contribution >= 0.6 is 11.8 Å². The van der Waals surface area contributed by atoms with Crippen LogP contribution < -0.4 is 0 Å². The second kappa shape index (κ2) is 6.93. The molecule has 2 rings (SSSR count). The number of H-pyrrole nitrogens is 1. The molecule has 6 heteroatoms. The number of amides is 1. The molecular formula is C13H22N4OS. The van der Waals surface area contributed by atoms with E-state index in [1.807, 2.05) is 4.90 Å². The van der Waals surface area contributed by atoms with Gasteiger partial charge in [-0.05, 0) is 32.6 Å². The molecule has 2 heterocycles. The largest absolute Gasteiger partial charge is 0.339 e. The van der Waals surface area contributed by atoms with Crippen molar-refractivity contribution in [3.05, 3.63) is 5.82 Å². The first-order valence-corrected chi connectivity index (χ1v) is 8.02. The first kappa shape index (κ1) is 14.4. The number of carbonyl (C=O) groups is 1. The second-order valence-electron chi connectivity index (χ2n) is 5.04. The molecule has 0 radical (unpaired) electrons. The summed E-state index contributed by atoms with van der Waals surface area (Å²) in [7, 11) is 0. The SMILES string of the molecule is CCCc1nc(SCC(=O)N2CCCCC2C)n[nH]1. The van der Waals surface area contributed by atoms with Gasteiger partial charge in [0.15, 0.2) is 0 Å². The summed E-state index contributed by atoms with van der Waals surface area (Å²) in [6.07, 6.45) is 5.44. The third kappa shape index (κ3) is 3.96. The van der Waals surface area contributed by atoms with E-state index in [1.54, 1.807) is 0 Å². The summed E-state index contributed by atoms with van der Waals surface area (Å²) in [6, 6.07) is 0.379. The summed E-state index contributed by atoms with van der Waals surface area (Å²) in [5, 5.41) is 7.72. The average molecular weight is 282 g/mol. The molecule has 1 fully saturated rings. The van der Waals surface area contributed by atoms with E-state index in [-0.39, 0.29) is 5.91 Å². The predicted molar refractivity (Wildman–Crippen MR) is 76.1 cm³/mol. The quantitative estimate of drug-likeness (QED) is 0.841. The summed E-state index contributed by atoms with van der Waals surface area (Å²) < 4.78 is 0. The lowest BCUT2D eigenvalue weighted by Gasteiger charge is -2.33. The number of carbonyl (C=O) groups excluding carboxylic acids is 1. The molecule has 1 atom stereocenters. The van der Waals surface area contributed by atoms with Crippen molar-refractivity contribution >= 4 is 17.7 Å². The van der Waals surface area contributed by atoms with Gasteiger partial charge in [-0.15, -0.1) is 5.10 Å². The molecule has 0 aromatic carbocycles. The average Bonchev–Trinajstić information content (AvgIpc) is 2.85. The Balaban J connectivity index is 1.81. The highest BCUT2D eigenvalue weighted by Gasteiger charge is 2.23. The number of aromatic amines is 1. The van der Waals surface area contributed by atoms with Crippen LogP contribution in [-0.2, 0) is 11.2 Å². The molecule has 1 aromatic heterocycles. The van der Waals surface area contributed by atoms with E-state index in [0.717, 1.165) is 38.1 Å². The minimum Gasteiger partial charge on any atom is -0.339 e. The summed E-state index contributed by atoms with van der Waals surface area (Å²) in [4.78, 5) is 18.5. The Hall–Kier alpha value is -1.04. The van der Waals surface area contributed by atoms with Crippen LogP contribution in [-0.4, -0.2) is 44.3 Å². The number of likely N-dealkylation sites (tertiary alicyclic amines) is 1. The van der Waals surface area contributed by atoms with Crippen LogP contribution in [0.3, 0.4) is 0 Å². The monoisotopic (exact) mass is 282 g/mol. The number of aryl methyl sites for hydroxylation is 1. The van der Waals surface area contributed by atoms with Crippen LogP contribution in [0.1, 0.15) is 45.4 Å². The van der Waals surface area contributed by atoms with Gasteiger partial charge in [0.2, 0.25) is 11.1 Å². The molecule has 19 heavy (non-hydrogen) atoms. The topological polar surface area (TPSA) is 61.9 Å². The van der Waals surface area contributed by atoms with Crippen LogP contribution in [0.25, 0.3) is 0 Å². The minimum absolute atomic E-state index is 0.207. The lowest BCUT2D eigenvalue weighted by molar-refractivity contribution is -0.131. The van der Waals surface area contributed by atoms with E-state index in [1.165, 1.54) is 18.2 Å². The molecule has 0 saturated carbocycles. The van der Waals surface area contributed by atoms with E-state index in [2.05, 4.69) is 29.0 Å². The predicted octanol–water partition coefficient (Wildman–Crippen LogP) is 2.25. The molecule has 1 saturated heterocycles. The highest BCUT2D eigenvalue weighted by Crippen LogP contribution is 2.19. The zero-order valence-electron chi connectivity index (χ0n) is 11.7. The number of piperidine rings is 1. The molecule has 1 N–H and O–H groups in total. The molecule has 1 aromatic rings. The van der Waals surface area contributed by atoms with Crippen LogP contribution in [0, 0.1) is 0 Å². The summed E-state index contributed by atoms with van der Waals surface area (Å²) >= 11 is 1.43. The fourth-order valence-corrected chi connectivity index (χ4v) is 3.07. The van der Waals surface area contributed by atoms with Crippen molar-refractivity contribution in [3.8, 4) is 0 Å². The Labute approximate surface area is 118 Å². The third-order valence-electron chi connectivity index (χ3n) is 3.45. The molecule has 106 valence electrons. The fourth-order valence-electron chi connectivity index (χ4n) is 2.37. The molecular weight excluding hydrogens is 260 g/mol. The molecule has 5 nitrogen and oxygen atoms in total. The normalized spacial score (nSPS) is 19.7. The van der Waals surface area contributed by atoms with Gasteiger partial charge >= 0.3 is 0 Å². The van der Waals surface area contributed by atoms with Gasteiger partial charge in [0.1, 0.15) is 5.82 Å². The van der Waals surface area contributed by atoms with E-state index in [9.17, 15) is 4.79 Å². The highest BCUT2D eigenvalue weighted by molar-refractivity contribution is 7.99. The lowest BCUT2D eigenvalue weighted by Crippen LogP contribution is -2.42. The number of nitrogens with one attached hydrogen (secondary N) is 1. The minimum atomic E-state index is 0.207. The van der Waals surface area contributed by atoms with Crippen molar-refractivity contribution in [3.63, 3.8) is 0 Å².